The molecule has 0 aliphatic carbocycles. The lowest BCUT2D eigenvalue weighted by Crippen LogP contribution is -2.36. The van der Waals surface area contributed by atoms with Gasteiger partial charge in [0.2, 0.25) is 0 Å². The van der Waals surface area contributed by atoms with Crippen LogP contribution < -0.4 is 5.73 Å². The van der Waals surface area contributed by atoms with E-state index in [1.54, 1.807) is 12.1 Å². The van der Waals surface area contributed by atoms with Crippen molar-refractivity contribution in [3.05, 3.63) is 34.9 Å². The Kier molecular flexibility index (Phi) is 4.51. The number of hydrogen-bond donors (Lipinski definition) is 1. The lowest BCUT2D eigenvalue weighted by Gasteiger charge is -2.24. The largest absolute Gasteiger partial charge is 0.329 e. The summed E-state index contributed by atoms with van der Waals surface area (Å²) in [4.78, 5) is 12.1. The van der Waals surface area contributed by atoms with Crippen LogP contribution in [0.25, 0.3) is 0 Å². The molecule has 0 aromatic heterocycles. The van der Waals surface area contributed by atoms with Crippen LogP contribution in [0.15, 0.2) is 24.3 Å². The topological polar surface area (TPSA) is 43.1 Å². The summed E-state index contributed by atoms with van der Waals surface area (Å²) in [6, 6.07) is 7.37. The van der Waals surface area contributed by atoms with Gasteiger partial charge in [-0.25, -0.2) is 0 Å². The number of halogens is 1. The van der Waals surface area contributed by atoms with Crippen LogP contribution in [0, 0.1) is 5.41 Å². The lowest BCUT2D eigenvalue weighted by atomic mass is 9.80. The smallest absolute Gasteiger partial charge is 0.144 e. The maximum absolute atomic E-state index is 12.1. The Morgan fingerprint density at radius 3 is 2.38 bits per heavy atom. The van der Waals surface area contributed by atoms with Gasteiger partial charge in [0.15, 0.2) is 0 Å². The van der Waals surface area contributed by atoms with Crippen LogP contribution in [0.4, 0.5) is 0 Å². The molecule has 0 amide bonds. The SMILES string of the molecule is CCC(C)(CN)C(=O)Cc1ccc(Cl)cc1. The van der Waals surface area contributed by atoms with Crippen LogP contribution in [0.3, 0.4) is 0 Å². The van der Waals surface area contributed by atoms with Crippen LogP contribution in [0.2, 0.25) is 5.02 Å². The molecule has 0 fully saturated rings. The summed E-state index contributed by atoms with van der Waals surface area (Å²) in [6.07, 6.45) is 1.20. The van der Waals surface area contributed by atoms with Gasteiger partial charge in [0.05, 0.1) is 0 Å². The molecule has 16 heavy (non-hydrogen) atoms. The van der Waals surface area contributed by atoms with Gasteiger partial charge in [-0.3, -0.25) is 4.79 Å². The van der Waals surface area contributed by atoms with Gasteiger partial charge >= 0.3 is 0 Å². The van der Waals surface area contributed by atoms with Crippen molar-refractivity contribution in [3.63, 3.8) is 0 Å². The van der Waals surface area contributed by atoms with E-state index >= 15 is 0 Å². The molecule has 88 valence electrons. The standard InChI is InChI=1S/C13H18ClNO/c1-3-13(2,9-15)12(16)8-10-4-6-11(14)7-5-10/h4-7H,3,8-9,15H2,1-2H3. The van der Waals surface area contributed by atoms with Crippen LogP contribution in [0.1, 0.15) is 25.8 Å². The summed E-state index contributed by atoms with van der Waals surface area (Å²) in [6.45, 7) is 4.31. The van der Waals surface area contributed by atoms with Gasteiger partial charge in [-0.1, -0.05) is 37.6 Å². The molecular weight excluding hydrogens is 222 g/mol. The summed E-state index contributed by atoms with van der Waals surface area (Å²) in [5, 5.41) is 0.688. The Balaban J connectivity index is 2.74. The third-order valence-electron chi connectivity index (χ3n) is 3.18. The molecule has 2 nitrogen and oxygen atoms in total. The van der Waals surface area contributed by atoms with E-state index in [1.165, 1.54) is 0 Å². The van der Waals surface area contributed by atoms with E-state index in [0.29, 0.717) is 18.0 Å². The Labute approximate surface area is 102 Å². The molecule has 0 bridgehead atoms. The molecule has 0 heterocycles. The Morgan fingerprint density at radius 2 is 1.94 bits per heavy atom. The van der Waals surface area contributed by atoms with Crippen molar-refractivity contribution in [3.8, 4) is 0 Å². The highest BCUT2D eigenvalue weighted by molar-refractivity contribution is 6.30. The molecule has 1 atom stereocenters. The normalized spacial score (nSPS) is 14.5. The van der Waals surface area contributed by atoms with Crippen LogP contribution >= 0.6 is 11.6 Å². The van der Waals surface area contributed by atoms with Gasteiger partial charge in [0, 0.05) is 23.4 Å². The van der Waals surface area contributed by atoms with Crippen molar-refractivity contribution >= 4 is 17.4 Å². The fourth-order valence-corrected chi connectivity index (χ4v) is 1.58. The molecule has 0 radical (unpaired) electrons. The summed E-state index contributed by atoms with van der Waals surface area (Å²) < 4.78 is 0. The van der Waals surface area contributed by atoms with Gasteiger partial charge < -0.3 is 5.73 Å². The van der Waals surface area contributed by atoms with Crippen molar-refractivity contribution in [1.29, 1.82) is 0 Å². The summed E-state index contributed by atoms with van der Waals surface area (Å²) in [5.41, 5.74) is 6.24. The Bertz CT molecular complexity index is 355. The van der Waals surface area contributed by atoms with Gasteiger partial charge in [0.25, 0.3) is 0 Å². The van der Waals surface area contributed by atoms with Crippen molar-refractivity contribution in [2.45, 2.75) is 26.7 Å². The monoisotopic (exact) mass is 239 g/mol. The number of carbonyl (C=O) groups excluding carboxylic acids is 1. The van der Waals surface area contributed by atoms with Gasteiger partial charge in [0.1, 0.15) is 5.78 Å². The minimum Gasteiger partial charge on any atom is -0.329 e. The van der Waals surface area contributed by atoms with Gasteiger partial charge in [-0.2, -0.15) is 0 Å². The van der Waals surface area contributed by atoms with E-state index in [4.69, 9.17) is 17.3 Å². The minimum absolute atomic E-state index is 0.194. The number of hydrogen-bond acceptors (Lipinski definition) is 2. The van der Waals surface area contributed by atoms with Crippen LogP contribution in [0.5, 0.6) is 0 Å². The fraction of sp³-hybridized carbons (Fsp3) is 0.462. The first-order chi connectivity index (χ1) is 7.51. The second kappa shape index (κ2) is 5.46. The third kappa shape index (κ3) is 3.06. The zero-order valence-corrected chi connectivity index (χ0v) is 10.6. The number of carbonyl (C=O) groups is 1. The van der Waals surface area contributed by atoms with E-state index < -0.39 is 5.41 Å². The first kappa shape index (κ1) is 13.2. The molecule has 2 N–H and O–H groups in total. The first-order valence-corrected chi connectivity index (χ1v) is 5.87. The van der Waals surface area contributed by atoms with Crippen LogP contribution in [-0.4, -0.2) is 12.3 Å². The third-order valence-corrected chi connectivity index (χ3v) is 3.43. The maximum Gasteiger partial charge on any atom is 0.144 e. The second-order valence-corrected chi connectivity index (χ2v) is 4.78. The molecular formula is C13H18ClNO. The molecule has 1 aromatic carbocycles. The molecule has 1 unspecified atom stereocenters. The number of ketones is 1. The quantitative estimate of drug-likeness (QED) is 0.859. The summed E-state index contributed by atoms with van der Waals surface area (Å²) >= 11 is 5.79. The molecule has 0 aliphatic heterocycles. The Morgan fingerprint density at radius 1 is 1.38 bits per heavy atom. The molecule has 0 aliphatic rings. The average molecular weight is 240 g/mol. The fourth-order valence-electron chi connectivity index (χ4n) is 1.46. The molecule has 0 saturated carbocycles. The van der Waals surface area contributed by atoms with Crippen molar-refractivity contribution in [2.24, 2.45) is 11.1 Å². The molecule has 1 aromatic rings. The van der Waals surface area contributed by atoms with Gasteiger partial charge in [-0.15, -0.1) is 0 Å². The molecule has 0 saturated heterocycles. The lowest BCUT2D eigenvalue weighted by molar-refractivity contribution is -0.126. The number of rotatable bonds is 5. The second-order valence-electron chi connectivity index (χ2n) is 4.34. The van der Waals surface area contributed by atoms with E-state index in [0.717, 1.165) is 12.0 Å². The summed E-state index contributed by atoms with van der Waals surface area (Å²) in [5.74, 6) is 0.194. The number of nitrogens with two attached hydrogens (primary N) is 1. The Hall–Kier alpha value is -0.860. The number of Topliss-reactive ketones (excluding diaryl/α,β-unsaturated/α-hetero) is 1. The highest BCUT2D eigenvalue weighted by Crippen LogP contribution is 2.23. The first-order valence-electron chi connectivity index (χ1n) is 5.49. The molecule has 3 heteroatoms. The highest BCUT2D eigenvalue weighted by Gasteiger charge is 2.28. The maximum atomic E-state index is 12.1. The zero-order valence-electron chi connectivity index (χ0n) is 9.79. The average Bonchev–Trinajstić information content (AvgIpc) is 2.31. The van der Waals surface area contributed by atoms with E-state index in [1.807, 2.05) is 26.0 Å². The molecule has 1 rings (SSSR count). The zero-order chi connectivity index (χ0) is 12.2. The van der Waals surface area contributed by atoms with Crippen molar-refractivity contribution in [2.75, 3.05) is 6.54 Å². The molecule has 0 spiro atoms. The van der Waals surface area contributed by atoms with E-state index in [-0.39, 0.29) is 5.78 Å². The van der Waals surface area contributed by atoms with E-state index in [9.17, 15) is 4.79 Å². The highest BCUT2D eigenvalue weighted by atomic mass is 35.5. The van der Waals surface area contributed by atoms with Crippen molar-refractivity contribution in [1.82, 2.24) is 0 Å². The van der Waals surface area contributed by atoms with Gasteiger partial charge in [-0.05, 0) is 24.1 Å². The van der Waals surface area contributed by atoms with E-state index in [2.05, 4.69) is 0 Å². The minimum atomic E-state index is -0.403. The predicted molar refractivity (Wildman–Crippen MR) is 67.6 cm³/mol. The van der Waals surface area contributed by atoms with Crippen molar-refractivity contribution < 1.29 is 4.79 Å². The van der Waals surface area contributed by atoms with Crippen LogP contribution in [-0.2, 0) is 11.2 Å². The predicted octanol–water partition coefficient (Wildman–Crippen LogP) is 2.83. The number of benzene rings is 1. The summed E-state index contributed by atoms with van der Waals surface area (Å²) in [7, 11) is 0.